The number of Topliss-reactive ketones (excluding diaryl/α,β-unsaturated/α-hetero) is 1. The third-order valence-corrected chi connectivity index (χ3v) is 7.54. The van der Waals surface area contributed by atoms with E-state index >= 15 is 0 Å². The van der Waals surface area contributed by atoms with Crippen LogP contribution in [0.2, 0.25) is 0 Å². The van der Waals surface area contributed by atoms with E-state index in [9.17, 15) is 14.7 Å². The van der Waals surface area contributed by atoms with Crippen molar-refractivity contribution in [2.75, 3.05) is 11.5 Å². The smallest absolute Gasteiger partial charge is 0.301 e. The number of nitrogens with zero attached hydrogens (tertiary/aromatic N) is 2. The quantitative estimate of drug-likeness (QED) is 0.178. The lowest BCUT2D eigenvalue weighted by molar-refractivity contribution is -0.132. The van der Waals surface area contributed by atoms with Gasteiger partial charge in [-0.15, -0.1) is 11.3 Å². The highest BCUT2D eigenvalue weighted by atomic mass is 32.1. The number of aliphatic hydroxyl groups excluding tert-OH is 1. The second kappa shape index (κ2) is 9.75. The maximum Gasteiger partial charge on any atom is 0.301 e. The molecular weight excluding hydrogens is 496 g/mol. The lowest BCUT2D eigenvalue weighted by Crippen LogP contribution is -2.28. The average molecular weight is 521 g/mol. The molecule has 0 saturated carbocycles. The standard InChI is InChI=1S/C27H24N2O5S2/c1-4-33-17-10-11-19-21(14-17)36-27(28-19)29-23(20-9-6-12-35-20)22(25(31)26(29)32)24(30)16-7-5-8-18(13-16)34-15(2)3/h5-15,23,30H,4H2,1-3H3/b24-22+. The van der Waals surface area contributed by atoms with Crippen molar-refractivity contribution >= 4 is 55.5 Å². The lowest BCUT2D eigenvalue weighted by atomic mass is 10.00. The average Bonchev–Trinajstić information content (AvgIpc) is 3.57. The topological polar surface area (TPSA) is 89.0 Å². The molecule has 4 aromatic rings. The van der Waals surface area contributed by atoms with Gasteiger partial charge >= 0.3 is 5.91 Å². The van der Waals surface area contributed by atoms with Gasteiger partial charge in [0.2, 0.25) is 0 Å². The highest BCUT2D eigenvalue weighted by Crippen LogP contribution is 2.45. The summed E-state index contributed by atoms with van der Waals surface area (Å²) in [6.45, 7) is 6.26. The van der Waals surface area contributed by atoms with E-state index in [4.69, 9.17) is 9.47 Å². The van der Waals surface area contributed by atoms with Crippen molar-refractivity contribution in [2.24, 2.45) is 0 Å². The molecule has 2 aromatic heterocycles. The Kier molecular flexibility index (Phi) is 6.51. The van der Waals surface area contributed by atoms with Gasteiger partial charge in [-0.05, 0) is 62.5 Å². The van der Waals surface area contributed by atoms with Crippen molar-refractivity contribution < 1.29 is 24.2 Å². The molecule has 5 rings (SSSR count). The fourth-order valence-electron chi connectivity index (χ4n) is 4.14. The van der Waals surface area contributed by atoms with Crippen molar-refractivity contribution in [3.63, 3.8) is 0 Å². The fourth-order valence-corrected chi connectivity index (χ4v) is 5.99. The molecule has 36 heavy (non-hydrogen) atoms. The number of carbonyl (C=O) groups excluding carboxylic acids is 2. The van der Waals surface area contributed by atoms with E-state index in [0.29, 0.717) is 34.3 Å². The number of anilines is 1. The zero-order valence-electron chi connectivity index (χ0n) is 19.9. The first-order valence-electron chi connectivity index (χ1n) is 11.5. The summed E-state index contributed by atoms with van der Waals surface area (Å²) < 4.78 is 12.2. The summed E-state index contributed by atoms with van der Waals surface area (Å²) in [6.07, 6.45) is -0.0543. The van der Waals surface area contributed by atoms with Crippen LogP contribution in [0.5, 0.6) is 11.5 Å². The molecule has 1 aliphatic rings. The van der Waals surface area contributed by atoms with Gasteiger partial charge in [0, 0.05) is 10.4 Å². The Labute approximate surface area is 216 Å². The summed E-state index contributed by atoms with van der Waals surface area (Å²) in [5.74, 6) is -0.458. The number of hydrogen-bond acceptors (Lipinski definition) is 8. The van der Waals surface area contributed by atoms with Crippen LogP contribution in [0.25, 0.3) is 16.0 Å². The SMILES string of the molecule is CCOc1ccc2nc(N3C(=O)C(=O)/C(=C(/O)c4cccc(OC(C)C)c4)C3c3cccs3)sc2c1. The molecule has 1 aliphatic heterocycles. The van der Waals surface area contributed by atoms with Crippen LogP contribution in [0.1, 0.15) is 37.3 Å². The van der Waals surface area contributed by atoms with E-state index in [-0.39, 0.29) is 17.4 Å². The Balaban J connectivity index is 1.63. The minimum Gasteiger partial charge on any atom is -0.507 e. The van der Waals surface area contributed by atoms with Crippen molar-refractivity contribution in [1.29, 1.82) is 0 Å². The summed E-state index contributed by atoms with van der Waals surface area (Å²) >= 11 is 2.71. The van der Waals surface area contributed by atoms with E-state index < -0.39 is 17.7 Å². The summed E-state index contributed by atoms with van der Waals surface area (Å²) in [7, 11) is 0. The number of carbonyl (C=O) groups is 2. The predicted octanol–water partition coefficient (Wildman–Crippen LogP) is 6.17. The highest BCUT2D eigenvalue weighted by molar-refractivity contribution is 7.22. The number of fused-ring (bicyclic) bond motifs is 1. The molecule has 1 fully saturated rings. The van der Waals surface area contributed by atoms with E-state index in [2.05, 4.69) is 4.98 Å². The molecule has 1 saturated heterocycles. The number of hydrogen-bond donors (Lipinski definition) is 1. The van der Waals surface area contributed by atoms with Crippen LogP contribution in [0, 0.1) is 0 Å². The summed E-state index contributed by atoms with van der Waals surface area (Å²) in [5.41, 5.74) is 1.13. The van der Waals surface area contributed by atoms with Crippen molar-refractivity contribution in [3.05, 3.63) is 76.0 Å². The minimum atomic E-state index is -0.799. The zero-order chi connectivity index (χ0) is 25.4. The molecule has 9 heteroatoms. The van der Waals surface area contributed by atoms with Gasteiger partial charge in [0.1, 0.15) is 23.3 Å². The van der Waals surface area contributed by atoms with Crippen LogP contribution in [-0.4, -0.2) is 34.5 Å². The van der Waals surface area contributed by atoms with Gasteiger partial charge in [0.15, 0.2) is 5.13 Å². The Hall–Kier alpha value is -3.69. The molecule has 3 heterocycles. The maximum absolute atomic E-state index is 13.4. The molecule has 1 atom stereocenters. The van der Waals surface area contributed by atoms with Crippen LogP contribution >= 0.6 is 22.7 Å². The molecule has 0 radical (unpaired) electrons. The van der Waals surface area contributed by atoms with Crippen molar-refractivity contribution in [2.45, 2.75) is 32.9 Å². The van der Waals surface area contributed by atoms with E-state index in [1.807, 2.05) is 56.5 Å². The number of amides is 1. The van der Waals surface area contributed by atoms with Gasteiger partial charge in [0.25, 0.3) is 5.78 Å². The summed E-state index contributed by atoms with van der Waals surface area (Å²) in [6, 6.07) is 15.3. The molecule has 1 N–H and O–H groups in total. The number of aliphatic hydroxyl groups is 1. The number of thiophene rings is 1. The third kappa shape index (κ3) is 4.36. The Bertz CT molecular complexity index is 1470. The molecule has 7 nitrogen and oxygen atoms in total. The molecule has 0 bridgehead atoms. The molecule has 1 unspecified atom stereocenters. The Morgan fingerprint density at radius 2 is 1.94 bits per heavy atom. The van der Waals surface area contributed by atoms with Gasteiger partial charge in [-0.1, -0.05) is 29.5 Å². The normalized spacial score (nSPS) is 17.3. The molecular formula is C27H24N2O5S2. The monoisotopic (exact) mass is 520 g/mol. The minimum absolute atomic E-state index is 0.0263. The largest absolute Gasteiger partial charge is 0.507 e. The van der Waals surface area contributed by atoms with Crippen LogP contribution in [-0.2, 0) is 9.59 Å². The predicted molar refractivity (Wildman–Crippen MR) is 142 cm³/mol. The summed E-state index contributed by atoms with van der Waals surface area (Å²) in [5, 5.41) is 13.6. The molecule has 1 amide bonds. The van der Waals surface area contributed by atoms with E-state index in [1.165, 1.54) is 27.6 Å². The van der Waals surface area contributed by atoms with Crippen LogP contribution in [0.3, 0.4) is 0 Å². The van der Waals surface area contributed by atoms with Gasteiger partial charge in [-0.3, -0.25) is 14.5 Å². The van der Waals surface area contributed by atoms with Gasteiger partial charge < -0.3 is 14.6 Å². The molecule has 0 spiro atoms. The van der Waals surface area contributed by atoms with Gasteiger partial charge in [-0.2, -0.15) is 0 Å². The maximum atomic E-state index is 13.4. The summed E-state index contributed by atoms with van der Waals surface area (Å²) in [4.78, 5) is 33.5. The second-order valence-corrected chi connectivity index (χ2v) is 10.4. The van der Waals surface area contributed by atoms with Crippen LogP contribution in [0.4, 0.5) is 5.13 Å². The fraction of sp³-hybridized carbons (Fsp3) is 0.222. The first-order valence-corrected chi connectivity index (χ1v) is 13.2. The van der Waals surface area contributed by atoms with Gasteiger partial charge in [-0.25, -0.2) is 4.98 Å². The number of benzene rings is 2. The number of ether oxygens (including phenoxy) is 2. The van der Waals surface area contributed by atoms with E-state index in [1.54, 1.807) is 24.3 Å². The first kappa shape index (κ1) is 24.0. The second-order valence-electron chi connectivity index (χ2n) is 8.44. The first-order chi connectivity index (χ1) is 17.4. The zero-order valence-corrected chi connectivity index (χ0v) is 21.6. The van der Waals surface area contributed by atoms with Gasteiger partial charge in [0.05, 0.1) is 28.5 Å². The molecule has 0 aliphatic carbocycles. The van der Waals surface area contributed by atoms with Crippen LogP contribution in [0.15, 0.2) is 65.6 Å². The number of thiazole rings is 1. The van der Waals surface area contributed by atoms with Crippen LogP contribution < -0.4 is 14.4 Å². The third-order valence-electron chi connectivity index (χ3n) is 5.60. The highest BCUT2D eigenvalue weighted by Gasteiger charge is 2.48. The number of aromatic nitrogens is 1. The lowest BCUT2D eigenvalue weighted by Gasteiger charge is -2.21. The number of rotatable bonds is 7. The van der Waals surface area contributed by atoms with Crippen molar-refractivity contribution in [1.82, 2.24) is 4.98 Å². The molecule has 184 valence electrons. The van der Waals surface area contributed by atoms with E-state index in [0.717, 1.165) is 9.58 Å². The van der Waals surface area contributed by atoms with Crippen molar-refractivity contribution in [3.8, 4) is 11.5 Å². The Morgan fingerprint density at radius 1 is 1.11 bits per heavy atom. The Morgan fingerprint density at radius 3 is 2.67 bits per heavy atom. The number of ketones is 1. The molecule has 2 aromatic carbocycles.